The average Bonchev–Trinajstić information content (AvgIpc) is 2.71. The van der Waals surface area contributed by atoms with Crippen LogP contribution in [0.2, 0.25) is 0 Å². The fraction of sp³-hybridized carbons (Fsp3) is 0.560. The minimum Gasteiger partial charge on any atom is -0.459 e. The van der Waals surface area contributed by atoms with Crippen molar-refractivity contribution in [3.63, 3.8) is 0 Å². The molecule has 0 aromatic heterocycles. The number of hydrogen-bond acceptors (Lipinski definition) is 2. The largest absolute Gasteiger partial charge is 0.459 e. The molecule has 0 spiro atoms. The molecule has 27 heavy (non-hydrogen) atoms. The molecule has 0 unspecified atom stereocenters. The predicted molar refractivity (Wildman–Crippen MR) is 112 cm³/mol. The molecule has 2 fully saturated rings. The third kappa shape index (κ3) is 5.57. The van der Waals surface area contributed by atoms with Crippen molar-refractivity contribution in [1.29, 1.82) is 0 Å². The molecule has 1 aromatic rings. The molecule has 2 aliphatic carbocycles. The van der Waals surface area contributed by atoms with Gasteiger partial charge in [0.15, 0.2) is 0 Å². The summed E-state index contributed by atoms with van der Waals surface area (Å²) >= 11 is 0. The van der Waals surface area contributed by atoms with E-state index >= 15 is 0 Å². The highest BCUT2D eigenvalue weighted by Gasteiger charge is 2.24. The van der Waals surface area contributed by atoms with E-state index in [2.05, 4.69) is 31.4 Å². The SMILES string of the molecule is C=CC[C@H]1CC[C@H](OC(=O)c2ccc([C@H]3CC[C@H](CC=C)CC3)cc2)CC1. The van der Waals surface area contributed by atoms with Gasteiger partial charge in [0.1, 0.15) is 6.10 Å². The highest BCUT2D eigenvalue weighted by atomic mass is 16.5. The molecule has 0 bridgehead atoms. The van der Waals surface area contributed by atoms with E-state index in [1.54, 1.807) is 0 Å². The van der Waals surface area contributed by atoms with Gasteiger partial charge in [-0.1, -0.05) is 24.3 Å². The third-order valence-electron chi connectivity index (χ3n) is 6.53. The second kappa shape index (κ2) is 9.92. The smallest absolute Gasteiger partial charge is 0.338 e. The van der Waals surface area contributed by atoms with Crippen LogP contribution >= 0.6 is 0 Å². The molecule has 2 heteroatoms. The van der Waals surface area contributed by atoms with Crippen molar-refractivity contribution in [2.24, 2.45) is 11.8 Å². The molecule has 0 N–H and O–H groups in total. The zero-order valence-electron chi connectivity index (χ0n) is 16.6. The first-order valence-electron chi connectivity index (χ1n) is 10.7. The summed E-state index contributed by atoms with van der Waals surface area (Å²) in [5.41, 5.74) is 2.06. The number of hydrogen-bond donors (Lipinski definition) is 0. The maximum absolute atomic E-state index is 12.5. The molecule has 0 amide bonds. The van der Waals surface area contributed by atoms with Crippen LogP contribution in [0.25, 0.3) is 0 Å². The van der Waals surface area contributed by atoms with Gasteiger partial charge in [0.05, 0.1) is 5.56 Å². The molecule has 0 aliphatic heterocycles. The lowest BCUT2D eigenvalue weighted by atomic mass is 9.77. The number of ether oxygens (including phenoxy) is 1. The maximum atomic E-state index is 12.5. The van der Waals surface area contributed by atoms with Crippen LogP contribution in [0.1, 0.15) is 86.0 Å². The van der Waals surface area contributed by atoms with E-state index < -0.39 is 0 Å². The van der Waals surface area contributed by atoms with E-state index in [1.165, 1.54) is 31.2 Å². The van der Waals surface area contributed by atoms with Crippen molar-refractivity contribution >= 4 is 5.97 Å². The van der Waals surface area contributed by atoms with Crippen molar-refractivity contribution in [2.45, 2.75) is 76.2 Å². The lowest BCUT2D eigenvalue weighted by Gasteiger charge is -2.28. The minimum atomic E-state index is -0.164. The number of esters is 1. The number of carbonyl (C=O) groups excluding carboxylic acids is 1. The summed E-state index contributed by atoms with van der Waals surface area (Å²) < 4.78 is 5.76. The fourth-order valence-corrected chi connectivity index (χ4v) is 4.80. The van der Waals surface area contributed by atoms with Gasteiger partial charge < -0.3 is 4.74 Å². The normalized spacial score (nSPS) is 28.3. The van der Waals surface area contributed by atoms with Gasteiger partial charge in [-0.15, -0.1) is 13.2 Å². The Balaban J connectivity index is 1.48. The lowest BCUT2D eigenvalue weighted by Crippen LogP contribution is -2.24. The van der Waals surface area contributed by atoms with Crippen LogP contribution in [0.4, 0.5) is 0 Å². The Bertz CT molecular complexity index is 614. The minimum absolute atomic E-state index is 0.0818. The summed E-state index contributed by atoms with van der Waals surface area (Å²) in [6.07, 6.45) is 15.7. The van der Waals surface area contributed by atoms with Crippen molar-refractivity contribution in [3.05, 3.63) is 60.7 Å². The molecule has 0 atom stereocenters. The number of carbonyl (C=O) groups is 1. The molecule has 146 valence electrons. The summed E-state index contributed by atoms with van der Waals surface area (Å²) in [7, 11) is 0. The van der Waals surface area contributed by atoms with E-state index in [1.807, 2.05) is 18.2 Å². The van der Waals surface area contributed by atoms with E-state index in [9.17, 15) is 4.79 Å². The quantitative estimate of drug-likeness (QED) is 0.390. The van der Waals surface area contributed by atoms with Gasteiger partial charge in [0, 0.05) is 0 Å². The maximum Gasteiger partial charge on any atom is 0.338 e. The predicted octanol–water partition coefficient (Wildman–Crippen LogP) is 6.83. The van der Waals surface area contributed by atoms with E-state index in [-0.39, 0.29) is 12.1 Å². The summed E-state index contributed by atoms with van der Waals surface area (Å²) in [4.78, 5) is 12.5. The van der Waals surface area contributed by atoms with E-state index in [4.69, 9.17) is 4.74 Å². The zero-order chi connectivity index (χ0) is 19.1. The van der Waals surface area contributed by atoms with Crippen molar-refractivity contribution in [1.82, 2.24) is 0 Å². The second-order valence-electron chi connectivity index (χ2n) is 8.44. The van der Waals surface area contributed by atoms with E-state index in [0.717, 1.165) is 50.4 Å². The Morgan fingerprint density at radius 1 is 0.852 bits per heavy atom. The van der Waals surface area contributed by atoms with Gasteiger partial charge in [-0.05, 0) is 99.7 Å². The molecule has 2 saturated carbocycles. The van der Waals surface area contributed by atoms with Crippen molar-refractivity contribution < 1.29 is 9.53 Å². The Kier molecular flexibility index (Phi) is 7.32. The average molecular weight is 367 g/mol. The van der Waals surface area contributed by atoms with Crippen molar-refractivity contribution in [3.8, 4) is 0 Å². The van der Waals surface area contributed by atoms with Crippen LogP contribution < -0.4 is 0 Å². The van der Waals surface area contributed by atoms with Gasteiger partial charge >= 0.3 is 5.97 Å². The number of benzene rings is 1. The molecule has 2 aliphatic rings. The summed E-state index contributed by atoms with van der Waals surface area (Å²) in [5.74, 6) is 2.01. The number of allylic oxidation sites excluding steroid dienone is 2. The molecule has 0 radical (unpaired) electrons. The van der Waals surface area contributed by atoms with Crippen molar-refractivity contribution in [2.75, 3.05) is 0 Å². The molecule has 1 aromatic carbocycles. The second-order valence-corrected chi connectivity index (χ2v) is 8.44. The molecule has 2 nitrogen and oxygen atoms in total. The third-order valence-corrected chi connectivity index (χ3v) is 6.53. The van der Waals surface area contributed by atoms with Crippen LogP contribution in [0, 0.1) is 11.8 Å². The Labute approximate surface area is 164 Å². The topological polar surface area (TPSA) is 26.3 Å². The first-order valence-corrected chi connectivity index (χ1v) is 10.7. The lowest BCUT2D eigenvalue weighted by molar-refractivity contribution is 0.0167. The Morgan fingerprint density at radius 2 is 1.37 bits per heavy atom. The van der Waals surface area contributed by atoms with Crippen LogP contribution in [-0.2, 0) is 4.74 Å². The first-order chi connectivity index (χ1) is 13.2. The molecular weight excluding hydrogens is 332 g/mol. The van der Waals surface area contributed by atoms with Gasteiger partial charge in [0.2, 0.25) is 0 Å². The molecule has 3 rings (SSSR count). The number of rotatable bonds is 7. The Morgan fingerprint density at radius 3 is 1.89 bits per heavy atom. The monoisotopic (exact) mass is 366 g/mol. The van der Waals surface area contributed by atoms with Crippen LogP contribution in [0.15, 0.2) is 49.6 Å². The van der Waals surface area contributed by atoms with Crippen LogP contribution in [0.3, 0.4) is 0 Å². The molecule has 0 saturated heterocycles. The van der Waals surface area contributed by atoms with Crippen LogP contribution in [0.5, 0.6) is 0 Å². The summed E-state index contributed by atoms with van der Waals surface area (Å²) in [6, 6.07) is 8.18. The highest BCUT2D eigenvalue weighted by molar-refractivity contribution is 5.89. The summed E-state index contributed by atoms with van der Waals surface area (Å²) in [6.45, 7) is 7.69. The van der Waals surface area contributed by atoms with Crippen LogP contribution in [-0.4, -0.2) is 12.1 Å². The fourth-order valence-electron chi connectivity index (χ4n) is 4.80. The Hall–Kier alpha value is -1.83. The molecule has 0 heterocycles. The first kappa shape index (κ1) is 19.9. The van der Waals surface area contributed by atoms with Gasteiger partial charge in [-0.2, -0.15) is 0 Å². The van der Waals surface area contributed by atoms with Gasteiger partial charge in [-0.3, -0.25) is 0 Å². The van der Waals surface area contributed by atoms with Gasteiger partial charge in [-0.25, -0.2) is 4.79 Å². The zero-order valence-corrected chi connectivity index (χ0v) is 16.6. The highest BCUT2D eigenvalue weighted by Crippen LogP contribution is 2.37. The summed E-state index contributed by atoms with van der Waals surface area (Å²) in [5, 5.41) is 0. The van der Waals surface area contributed by atoms with E-state index in [0.29, 0.717) is 11.5 Å². The van der Waals surface area contributed by atoms with Gasteiger partial charge in [0.25, 0.3) is 0 Å². The standard InChI is InChI=1S/C25H34O2/c1-3-5-19-7-11-21(12-8-19)22-13-15-23(16-14-22)25(26)27-24-17-9-20(6-4-2)10-18-24/h3-4,13-16,19-21,24H,1-2,5-12,17-18H2/t19-,20-,21-,24-. The molecular formula is C25H34O2.